The molecule has 3 nitrogen and oxygen atoms in total. The Morgan fingerprint density at radius 3 is 2.41 bits per heavy atom. The topological polar surface area (TPSA) is 35.5 Å². The first-order valence-corrected chi connectivity index (χ1v) is 10.4. The van der Waals surface area contributed by atoms with Crippen LogP contribution in [-0.2, 0) is 9.22 Å². The highest BCUT2D eigenvalue weighted by Gasteiger charge is 2.29. The van der Waals surface area contributed by atoms with Gasteiger partial charge in [-0.2, -0.15) is 0 Å². The van der Waals surface area contributed by atoms with Crippen molar-refractivity contribution in [3.8, 4) is 5.75 Å². The zero-order valence-corrected chi connectivity index (χ0v) is 14.8. The van der Waals surface area contributed by atoms with Gasteiger partial charge in [0, 0.05) is 5.02 Å². The summed E-state index contributed by atoms with van der Waals surface area (Å²) in [5.74, 6) is -0.00580. The Hall–Kier alpha value is -1.49. The van der Waals surface area contributed by atoms with Gasteiger partial charge in [0.25, 0.3) is 8.32 Å². The minimum Gasteiger partial charge on any atom is -0.513 e. The average Bonchev–Trinajstić information content (AvgIpc) is 2.47. The van der Waals surface area contributed by atoms with Crippen molar-refractivity contribution < 1.29 is 14.0 Å². The fraction of sp³-hybridized carbons (Fsp3) is 0.188. The van der Waals surface area contributed by atoms with Crippen molar-refractivity contribution in [2.75, 3.05) is 6.61 Å². The van der Waals surface area contributed by atoms with Crippen LogP contribution in [0.1, 0.15) is 0 Å². The fourth-order valence-corrected chi connectivity index (χ4v) is 4.15. The molecule has 0 bridgehead atoms. The summed E-state index contributed by atoms with van der Waals surface area (Å²) in [5.41, 5.74) is 0. The number of benzene rings is 2. The first-order chi connectivity index (χ1) is 10.4. The van der Waals surface area contributed by atoms with E-state index in [0.29, 0.717) is 15.8 Å². The summed E-state index contributed by atoms with van der Waals surface area (Å²) in [6.07, 6.45) is 0. The van der Waals surface area contributed by atoms with Crippen LogP contribution < -0.4 is 9.92 Å². The van der Waals surface area contributed by atoms with E-state index in [9.17, 15) is 4.79 Å². The minimum atomic E-state index is -2.29. The Labute approximate surface area is 140 Å². The molecule has 0 fully saturated rings. The van der Waals surface area contributed by atoms with Crippen LogP contribution in [0.5, 0.6) is 5.75 Å². The van der Waals surface area contributed by atoms with Crippen molar-refractivity contribution in [1.29, 1.82) is 0 Å². The van der Waals surface area contributed by atoms with Crippen LogP contribution in [-0.4, -0.2) is 20.9 Å². The second-order valence-electron chi connectivity index (χ2n) is 5.21. The average molecular weight is 355 g/mol. The summed E-state index contributed by atoms with van der Waals surface area (Å²) in [4.78, 5) is 12.0. The van der Waals surface area contributed by atoms with Crippen molar-refractivity contribution >= 4 is 42.7 Å². The largest absolute Gasteiger partial charge is 0.513 e. The molecule has 0 N–H and O–H groups in total. The van der Waals surface area contributed by atoms with Gasteiger partial charge in [-0.25, -0.2) is 4.79 Å². The number of carbonyl (C=O) groups is 1. The van der Waals surface area contributed by atoms with E-state index >= 15 is 0 Å². The summed E-state index contributed by atoms with van der Waals surface area (Å²) in [6.45, 7) is 3.75. The van der Waals surface area contributed by atoms with Crippen LogP contribution in [0.3, 0.4) is 0 Å². The Balaban J connectivity index is 1.95. The molecule has 2 rings (SSSR count). The van der Waals surface area contributed by atoms with Crippen LogP contribution in [0.2, 0.25) is 23.1 Å². The Morgan fingerprint density at radius 1 is 1.09 bits per heavy atom. The van der Waals surface area contributed by atoms with Gasteiger partial charge in [0.05, 0.1) is 5.02 Å². The molecule has 0 amide bonds. The molecule has 0 aliphatic heterocycles. The van der Waals surface area contributed by atoms with Crippen molar-refractivity contribution in [2.24, 2.45) is 0 Å². The smallest absolute Gasteiger partial charge is 0.331 e. The van der Waals surface area contributed by atoms with Crippen LogP contribution in [0.15, 0.2) is 48.5 Å². The summed E-state index contributed by atoms with van der Waals surface area (Å²) in [6, 6.07) is 14.6. The first-order valence-electron chi connectivity index (χ1n) is 6.74. The lowest BCUT2D eigenvalue weighted by molar-refractivity contribution is -0.137. The first kappa shape index (κ1) is 16.9. The summed E-state index contributed by atoms with van der Waals surface area (Å²) >= 11 is 11.8. The summed E-state index contributed by atoms with van der Waals surface area (Å²) < 4.78 is 11.0. The van der Waals surface area contributed by atoms with E-state index in [1.165, 1.54) is 0 Å². The van der Waals surface area contributed by atoms with E-state index in [-0.39, 0.29) is 6.61 Å². The van der Waals surface area contributed by atoms with E-state index < -0.39 is 14.3 Å². The molecule has 0 unspecified atom stereocenters. The number of hydrogen-bond acceptors (Lipinski definition) is 3. The van der Waals surface area contributed by atoms with E-state index in [0.717, 1.165) is 5.19 Å². The van der Waals surface area contributed by atoms with Gasteiger partial charge in [-0.05, 0) is 36.5 Å². The molecule has 6 heteroatoms. The van der Waals surface area contributed by atoms with Gasteiger partial charge in [-0.1, -0.05) is 53.5 Å². The third kappa shape index (κ3) is 4.50. The molecule has 2 aromatic carbocycles. The number of carbonyl (C=O) groups excluding carboxylic acids is 1. The third-order valence-electron chi connectivity index (χ3n) is 3.08. The number of halogens is 2. The molecule has 0 atom stereocenters. The number of hydrogen-bond donors (Lipinski definition) is 0. The van der Waals surface area contributed by atoms with Gasteiger partial charge in [-0.3, -0.25) is 0 Å². The second kappa shape index (κ2) is 7.18. The molecule has 0 aliphatic carbocycles. The Kier molecular flexibility index (Phi) is 5.50. The van der Waals surface area contributed by atoms with E-state index in [4.69, 9.17) is 32.4 Å². The van der Waals surface area contributed by atoms with Gasteiger partial charge in [0.1, 0.15) is 5.75 Å². The van der Waals surface area contributed by atoms with Gasteiger partial charge in [0.15, 0.2) is 6.61 Å². The fourth-order valence-electron chi connectivity index (χ4n) is 1.94. The lowest BCUT2D eigenvalue weighted by Gasteiger charge is -2.23. The maximum absolute atomic E-state index is 12.0. The lowest BCUT2D eigenvalue weighted by atomic mass is 10.3. The quantitative estimate of drug-likeness (QED) is 0.760. The van der Waals surface area contributed by atoms with Crippen molar-refractivity contribution in [1.82, 2.24) is 0 Å². The molecule has 0 heterocycles. The summed E-state index contributed by atoms with van der Waals surface area (Å²) in [5, 5.41) is 1.92. The van der Waals surface area contributed by atoms with Crippen LogP contribution in [0, 0.1) is 0 Å². The molecule has 0 saturated heterocycles. The van der Waals surface area contributed by atoms with Gasteiger partial charge < -0.3 is 9.16 Å². The molecule has 0 spiro atoms. The van der Waals surface area contributed by atoms with E-state index in [1.807, 2.05) is 43.4 Å². The van der Waals surface area contributed by atoms with E-state index in [2.05, 4.69) is 0 Å². The third-order valence-corrected chi connectivity index (χ3v) is 6.07. The molecule has 0 radical (unpaired) electrons. The number of rotatable bonds is 5. The van der Waals surface area contributed by atoms with Crippen LogP contribution >= 0.6 is 23.2 Å². The highest BCUT2D eigenvalue weighted by Crippen LogP contribution is 2.27. The highest BCUT2D eigenvalue weighted by molar-refractivity contribution is 6.85. The predicted molar refractivity (Wildman–Crippen MR) is 91.6 cm³/mol. The standard InChI is InChI=1S/C16H16Cl2O3Si/c1-22(2,13-6-4-3-5-7-13)21-16(19)11-20-15-9-8-12(17)10-14(15)18/h3-10H,11H2,1-2H3. The minimum absolute atomic E-state index is 0.190. The van der Waals surface area contributed by atoms with Gasteiger partial charge in [-0.15, -0.1) is 0 Å². The SMILES string of the molecule is C[Si](C)(OC(=O)COc1ccc(Cl)cc1Cl)c1ccccc1. The van der Waals surface area contributed by atoms with Gasteiger partial charge in [0.2, 0.25) is 0 Å². The number of ether oxygens (including phenoxy) is 1. The predicted octanol–water partition coefficient (Wildman–Crippen LogP) is 4.03. The zero-order chi connectivity index (χ0) is 16.2. The maximum Gasteiger partial charge on any atom is 0.331 e. The molecule has 116 valence electrons. The molecule has 0 aliphatic rings. The molecule has 0 saturated carbocycles. The lowest BCUT2D eigenvalue weighted by Crippen LogP contribution is -2.47. The van der Waals surface area contributed by atoms with Crippen molar-refractivity contribution in [3.63, 3.8) is 0 Å². The molecular formula is C16H16Cl2O3Si. The normalized spacial score (nSPS) is 11.1. The zero-order valence-electron chi connectivity index (χ0n) is 12.3. The highest BCUT2D eigenvalue weighted by atomic mass is 35.5. The molecule has 0 aromatic heterocycles. The Morgan fingerprint density at radius 2 is 1.77 bits per heavy atom. The van der Waals surface area contributed by atoms with Gasteiger partial charge >= 0.3 is 5.97 Å². The molecular weight excluding hydrogens is 339 g/mol. The Bertz CT molecular complexity index is 660. The van der Waals surface area contributed by atoms with Crippen molar-refractivity contribution in [2.45, 2.75) is 13.1 Å². The second-order valence-corrected chi connectivity index (χ2v) is 9.86. The maximum atomic E-state index is 12.0. The summed E-state index contributed by atoms with van der Waals surface area (Å²) in [7, 11) is -2.29. The van der Waals surface area contributed by atoms with Crippen LogP contribution in [0.25, 0.3) is 0 Å². The monoisotopic (exact) mass is 354 g/mol. The van der Waals surface area contributed by atoms with E-state index in [1.54, 1.807) is 18.2 Å². The van der Waals surface area contributed by atoms with Crippen molar-refractivity contribution in [3.05, 3.63) is 58.6 Å². The molecule has 22 heavy (non-hydrogen) atoms. The molecule has 2 aromatic rings. The van der Waals surface area contributed by atoms with Crippen LogP contribution in [0.4, 0.5) is 0 Å².